The van der Waals surface area contributed by atoms with Crippen LogP contribution < -0.4 is 4.84 Å². The van der Waals surface area contributed by atoms with Crippen LogP contribution in [-0.2, 0) is 6.54 Å². The highest BCUT2D eigenvalue weighted by Crippen LogP contribution is 2.22. The summed E-state index contributed by atoms with van der Waals surface area (Å²) < 4.78 is 5.29. The second-order valence-electron chi connectivity index (χ2n) is 3.61. The van der Waals surface area contributed by atoms with Crippen LogP contribution in [0.1, 0.15) is 11.3 Å². The lowest BCUT2D eigenvalue weighted by atomic mass is 10.2. The lowest BCUT2D eigenvalue weighted by molar-refractivity contribution is -0.0166. The zero-order chi connectivity index (χ0) is 10.8. The van der Waals surface area contributed by atoms with Crippen LogP contribution >= 0.6 is 0 Å². The molecule has 1 aromatic carbocycles. The first-order valence-corrected chi connectivity index (χ1v) is 5.16. The van der Waals surface area contributed by atoms with Gasteiger partial charge in [-0.2, -0.15) is 0 Å². The van der Waals surface area contributed by atoms with Crippen molar-refractivity contribution in [1.29, 1.82) is 0 Å². The summed E-state index contributed by atoms with van der Waals surface area (Å²) in [6, 6.07) is 11.7. The molecule has 0 unspecified atom stereocenters. The van der Waals surface area contributed by atoms with Crippen molar-refractivity contribution in [2.24, 2.45) is 0 Å². The highest BCUT2D eigenvalue weighted by Gasteiger charge is 2.13. The highest BCUT2D eigenvalue weighted by atomic mass is 16.7. The normalized spacial score (nSPS) is 13.6. The van der Waals surface area contributed by atoms with Gasteiger partial charge < -0.3 is 9.25 Å². The summed E-state index contributed by atoms with van der Waals surface area (Å²) in [7, 11) is 0. The van der Waals surface area contributed by atoms with E-state index < -0.39 is 0 Å². The summed E-state index contributed by atoms with van der Waals surface area (Å²) in [6.07, 6.45) is 5.47. The lowest BCUT2D eigenvalue weighted by Crippen LogP contribution is -2.22. The highest BCUT2D eigenvalue weighted by molar-refractivity contribution is 5.49. The van der Waals surface area contributed by atoms with Crippen LogP contribution in [0.3, 0.4) is 0 Å². The lowest BCUT2D eigenvalue weighted by Gasteiger charge is -2.22. The molecule has 3 rings (SSSR count). The minimum atomic E-state index is 0.706. The number of benzene rings is 1. The first kappa shape index (κ1) is 9.09. The first-order valence-electron chi connectivity index (χ1n) is 5.16. The molecule has 0 bridgehead atoms. The van der Waals surface area contributed by atoms with Crippen molar-refractivity contribution in [3.05, 3.63) is 60.2 Å². The van der Waals surface area contributed by atoms with Crippen molar-refractivity contribution >= 4 is 6.08 Å². The van der Waals surface area contributed by atoms with Gasteiger partial charge in [0.25, 0.3) is 0 Å². The van der Waals surface area contributed by atoms with Gasteiger partial charge in [0.2, 0.25) is 0 Å². The van der Waals surface area contributed by atoms with Gasteiger partial charge >= 0.3 is 0 Å². The molecule has 0 radical (unpaired) electrons. The van der Waals surface area contributed by atoms with Crippen LogP contribution in [0.4, 0.5) is 0 Å². The molecule has 80 valence electrons. The summed E-state index contributed by atoms with van der Waals surface area (Å²) >= 11 is 0. The quantitative estimate of drug-likeness (QED) is 0.766. The second kappa shape index (κ2) is 3.77. The van der Waals surface area contributed by atoms with Gasteiger partial charge in [-0.25, -0.2) is 5.06 Å². The number of rotatable bonds is 2. The third kappa shape index (κ3) is 1.67. The Balaban J connectivity index is 1.75. The van der Waals surface area contributed by atoms with E-state index in [2.05, 4.69) is 0 Å². The minimum absolute atomic E-state index is 0.706. The molecule has 0 saturated heterocycles. The molecule has 1 aliphatic rings. The second-order valence-corrected chi connectivity index (χ2v) is 3.61. The molecule has 0 N–H and O–H groups in total. The average molecular weight is 213 g/mol. The van der Waals surface area contributed by atoms with Crippen molar-refractivity contribution in [1.82, 2.24) is 5.06 Å². The number of hydrogen-bond acceptors (Lipinski definition) is 3. The molecule has 2 aromatic rings. The molecule has 0 spiro atoms. The van der Waals surface area contributed by atoms with E-state index in [-0.39, 0.29) is 0 Å². The number of hydroxylamine groups is 2. The number of nitrogens with zero attached hydrogens (tertiary/aromatic N) is 1. The van der Waals surface area contributed by atoms with Crippen LogP contribution in [0.15, 0.2) is 53.3 Å². The molecule has 0 atom stereocenters. The first-order chi connectivity index (χ1) is 7.92. The van der Waals surface area contributed by atoms with E-state index in [0.29, 0.717) is 6.54 Å². The predicted molar refractivity (Wildman–Crippen MR) is 60.4 cm³/mol. The zero-order valence-electron chi connectivity index (χ0n) is 8.67. The molecule has 0 amide bonds. The molecule has 0 saturated carbocycles. The summed E-state index contributed by atoms with van der Waals surface area (Å²) in [4.78, 5) is 5.69. The van der Waals surface area contributed by atoms with E-state index in [4.69, 9.17) is 9.25 Å². The Kier molecular flexibility index (Phi) is 2.14. The molecule has 1 aromatic heterocycles. The molecule has 3 heteroatoms. The molecule has 1 aliphatic heterocycles. The predicted octanol–water partition coefficient (Wildman–Crippen LogP) is 3.06. The van der Waals surface area contributed by atoms with Crippen molar-refractivity contribution < 1.29 is 9.25 Å². The van der Waals surface area contributed by atoms with Crippen molar-refractivity contribution in [3.63, 3.8) is 0 Å². The maximum absolute atomic E-state index is 5.69. The van der Waals surface area contributed by atoms with E-state index in [9.17, 15) is 0 Å². The Morgan fingerprint density at radius 2 is 2.00 bits per heavy atom. The zero-order valence-corrected chi connectivity index (χ0v) is 8.67. The Bertz CT molecular complexity index is 502. The Morgan fingerprint density at radius 3 is 2.88 bits per heavy atom. The molecule has 0 fully saturated rings. The van der Waals surface area contributed by atoms with Gasteiger partial charge in [-0.15, -0.1) is 0 Å². The number of furan rings is 1. The standard InChI is InChI=1S/C13H11NO2/c1-2-4-12(5-3-1)16-14-8-6-13-11(10-14)7-9-15-13/h1-9H,10H2. The maximum Gasteiger partial charge on any atom is 0.155 e. The van der Waals surface area contributed by atoms with Gasteiger partial charge in [-0.3, -0.25) is 0 Å². The topological polar surface area (TPSA) is 25.6 Å². The maximum atomic E-state index is 5.69. The smallest absolute Gasteiger partial charge is 0.155 e. The average Bonchev–Trinajstić information content (AvgIpc) is 2.77. The van der Waals surface area contributed by atoms with Gasteiger partial charge in [0.15, 0.2) is 5.75 Å². The fourth-order valence-electron chi connectivity index (χ4n) is 1.68. The monoisotopic (exact) mass is 213 g/mol. The summed E-state index contributed by atoms with van der Waals surface area (Å²) in [6.45, 7) is 0.706. The molecular formula is C13H11NO2. The third-order valence-electron chi connectivity index (χ3n) is 2.46. The fraction of sp³-hybridized carbons (Fsp3) is 0.0769. The van der Waals surface area contributed by atoms with Crippen LogP contribution in [-0.4, -0.2) is 5.06 Å². The molecule has 0 aliphatic carbocycles. The Labute approximate surface area is 93.5 Å². The van der Waals surface area contributed by atoms with E-state index >= 15 is 0 Å². The van der Waals surface area contributed by atoms with Crippen molar-refractivity contribution in [2.45, 2.75) is 6.54 Å². The Morgan fingerprint density at radius 1 is 1.12 bits per heavy atom. The van der Waals surface area contributed by atoms with E-state index in [1.165, 1.54) is 0 Å². The van der Waals surface area contributed by atoms with Crippen LogP contribution in [0, 0.1) is 0 Å². The van der Waals surface area contributed by atoms with Gasteiger partial charge in [0.1, 0.15) is 5.76 Å². The van der Waals surface area contributed by atoms with Gasteiger partial charge in [0, 0.05) is 17.8 Å². The van der Waals surface area contributed by atoms with Crippen LogP contribution in [0.25, 0.3) is 6.08 Å². The fourth-order valence-corrected chi connectivity index (χ4v) is 1.68. The number of hydrogen-bond donors (Lipinski definition) is 0. The van der Waals surface area contributed by atoms with Crippen molar-refractivity contribution in [3.8, 4) is 5.75 Å². The third-order valence-corrected chi connectivity index (χ3v) is 2.46. The van der Waals surface area contributed by atoms with E-state index in [1.54, 1.807) is 11.3 Å². The van der Waals surface area contributed by atoms with Gasteiger partial charge in [0.05, 0.1) is 12.8 Å². The largest absolute Gasteiger partial charge is 0.465 e. The van der Waals surface area contributed by atoms with E-state index in [1.807, 2.05) is 48.7 Å². The minimum Gasteiger partial charge on any atom is -0.465 e. The van der Waals surface area contributed by atoms with Gasteiger partial charge in [-0.1, -0.05) is 18.2 Å². The van der Waals surface area contributed by atoms with Gasteiger partial charge in [-0.05, 0) is 18.2 Å². The summed E-state index contributed by atoms with van der Waals surface area (Å²) in [5.74, 6) is 1.74. The molecule has 16 heavy (non-hydrogen) atoms. The summed E-state index contributed by atoms with van der Waals surface area (Å²) in [5.41, 5.74) is 1.14. The SMILES string of the molecule is C1=CN(Oc2ccccc2)Cc2ccoc21. The molecular weight excluding hydrogens is 202 g/mol. The molecule has 2 heterocycles. The van der Waals surface area contributed by atoms with Crippen molar-refractivity contribution in [2.75, 3.05) is 0 Å². The summed E-state index contributed by atoms with van der Waals surface area (Å²) in [5, 5.41) is 1.78. The molecule has 3 nitrogen and oxygen atoms in total. The van der Waals surface area contributed by atoms with E-state index in [0.717, 1.165) is 17.1 Å². The van der Waals surface area contributed by atoms with Crippen LogP contribution in [0.2, 0.25) is 0 Å². The Hall–Kier alpha value is -2.16. The number of para-hydroxylation sites is 1. The number of fused-ring (bicyclic) bond motifs is 1. The van der Waals surface area contributed by atoms with Crippen LogP contribution in [0.5, 0.6) is 5.75 Å².